The molecule has 0 spiro atoms. The second-order valence-electron chi connectivity index (χ2n) is 7.98. The fraction of sp³-hybridized carbons (Fsp3) is 0.240. The van der Waals surface area contributed by atoms with Crippen molar-refractivity contribution in [1.82, 2.24) is 5.32 Å². The number of nitrogens with zero attached hydrogens (tertiary/aromatic N) is 1. The van der Waals surface area contributed by atoms with E-state index >= 15 is 0 Å². The lowest BCUT2D eigenvalue weighted by molar-refractivity contribution is -0.127. The number of amides is 1. The Morgan fingerprint density at radius 1 is 1.06 bits per heavy atom. The van der Waals surface area contributed by atoms with Crippen LogP contribution in [0.25, 0.3) is 0 Å². The summed E-state index contributed by atoms with van der Waals surface area (Å²) >= 11 is 0. The standard InChI is InChI=1S/C25H26N2O4S/c1-18-13-14-23-22(15-18)27(32(29,30)21-11-7-4-8-12-21)17-24(31-23)25(28)26-16-19(2)20-9-5-3-6-10-20/h3-15,19,24H,16-17H2,1-2H3,(H,26,28)/t19-,24+/m0/s1. The van der Waals surface area contributed by atoms with E-state index in [9.17, 15) is 13.2 Å². The quantitative estimate of drug-likeness (QED) is 0.619. The molecule has 1 heterocycles. The molecule has 1 N–H and O–H groups in total. The highest BCUT2D eigenvalue weighted by Gasteiger charge is 2.37. The van der Waals surface area contributed by atoms with Gasteiger partial charge < -0.3 is 10.1 Å². The van der Waals surface area contributed by atoms with Gasteiger partial charge in [0.05, 0.1) is 17.1 Å². The van der Waals surface area contributed by atoms with Crippen molar-refractivity contribution in [3.05, 3.63) is 90.0 Å². The maximum atomic E-state index is 13.4. The smallest absolute Gasteiger partial charge is 0.264 e. The zero-order valence-corrected chi connectivity index (χ0v) is 18.9. The first-order chi connectivity index (χ1) is 15.4. The summed E-state index contributed by atoms with van der Waals surface area (Å²) < 4.78 is 34.0. The summed E-state index contributed by atoms with van der Waals surface area (Å²) in [5.74, 6) is 0.146. The summed E-state index contributed by atoms with van der Waals surface area (Å²) in [6, 6.07) is 23.4. The van der Waals surface area contributed by atoms with Gasteiger partial charge in [-0.1, -0.05) is 61.5 Å². The molecule has 0 saturated heterocycles. The Hall–Kier alpha value is -3.32. The maximum Gasteiger partial charge on any atom is 0.264 e. The van der Waals surface area contributed by atoms with Gasteiger partial charge in [0.1, 0.15) is 5.75 Å². The number of benzene rings is 3. The molecule has 0 radical (unpaired) electrons. The van der Waals surface area contributed by atoms with E-state index in [0.29, 0.717) is 18.0 Å². The van der Waals surface area contributed by atoms with Gasteiger partial charge in [-0.25, -0.2) is 8.42 Å². The molecule has 1 amide bonds. The van der Waals surface area contributed by atoms with Gasteiger partial charge in [0.25, 0.3) is 15.9 Å². The van der Waals surface area contributed by atoms with Crippen LogP contribution in [0.15, 0.2) is 83.8 Å². The molecule has 3 aromatic rings. The number of ether oxygens (including phenoxy) is 1. The van der Waals surface area contributed by atoms with Gasteiger partial charge in [0.2, 0.25) is 0 Å². The topological polar surface area (TPSA) is 75.7 Å². The third kappa shape index (κ3) is 4.48. The third-order valence-corrected chi connectivity index (χ3v) is 7.35. The average Bonchev–Trinajstić information content (AvgIpc) is 2.82. The van der Waals surface area contributed by atoms with Crippen LogP contribution in [0, 0.1) is 6.92 Å². The number of carbonyl (C=O) groups excluding carboxylic acids is 1. The van der Waals surface area contributed by atoms with Gasteiger partial charge in [-0.3, -0.25) is 9.10 Å². The average molecular weight is 451 g/mol. The molecule has 6 nitrogen and oxygen atoms in total. The van der Waals surface area contributed by atoms with Gasteiger partial charge in [-0.05, 0) is 48.2 Å². The Kier molecular flexibility index (Phi) is 6.19. The highest BCUT2D eigenvalue weighted by molar-refractivity contribution is 7.92. The number of hydrogen-bond donors (Lipinski definition) is 1. The van der Waals surface area contributed by atoms with E-state index in [1.165, 1.54) is 4.31 Å². The van der Waals surface area contributed by atoms with Crippen molar-refractivity contribution in [3.63, 3.8) is 0 Å². The van der Waals surface area contributed by atoms with Gasteiger partial charge >= 0.3 is 0 Å². The summed E-state index contributed by atoms with van der Waals surface area (Å²) in [5.41, 5.74) is 2.46. The lowest BCUT2D eigenvalue weighted by Gasteiger charge is -2.35. The number of aryl methyl sites for hydroxylation is 1. The van der Waals surface area contributed by atoms with Crippen molar-refractivity contribution in [2.45, 2.75) is 30.8 Å². The Bertz CT molecular complexity index is 1200. The summed E-state index contributed by atoms with van der Waals surface area (Å²) in [6.07, 6.45) is -0.952. The molecule has 4 rings (SSSR count). The van der Waals surface area contributed by atoms with Crippen LogP contribution in [0.3, 0.4) is 0 Å². The highest BCUT2D eigenvalue weighted by Crippen LogP contribution is 2.37. The van der Waals surface area contributed by atoms with E-state index in [1.807, 2.05) is 50.2 Å². The summed E-state index contributed by atoms with van der Waals surface area (Å²) in [6.45, 7) is 4.24. The number of carbonyl (C=O) groups is 1. The van der Waals surface area contributed by atoms with Gasteiger partial charge in [0, 0.05) is 6.54 Å². The van der Waals surface area contributed by atoms with Gasteiger partial charge in [-0.2, -0.15) is 0 Å². The number of rotatable bonds is 6. The van der Waals surface area contributed by atoms with Crippen LogP contribution in [0.2, 0.25) is 0 Å². The van der Waals surface area contributed by atoms with Crippen molar-refractivity contribution in [1.29, 1.82) is 0 Å². The first kappa shape index (κ1) is 21.9. The van der Waals surface area contributed by atoms with Crippen molar-refractivity contribution in [2.24, 2.45) is 0 Å². The van der Waals surface area contributed by atoms with Crippen LogP contribution in [-0.4, -0.2) is 33.5 Å². The fourth-order valence-electron chi connectivity index (χ4n) is 3.71. The molecular weight excluding hydrogens is 424 g/mol. The molecule has 1 aliphatic heterocycles. The largest absolute Gasteiger partial charge is 0.476 e. The Balaban J connectivity index is 1.57. The Labute approximate surface area is 188 Å². The predicted molar refractivity (Wildman–Crippen MR) is 124 cm³/mol. The fourth-order valence-corrected chi connectivity index (χ4v) is 5.20. The second kappa shape index (κ2) is 9.04. The van der Waals surface area contributed by atoms with Gasteiger partial charge in [-0.15, -0.1) is 0 Å². The van der Waals surface area contributed by atoms with Crippen molar-refractivity contribution < 1.29 is 17.9 Å². The normalized spacial score (nSPS) is 16.6. The minimum atomic E-state index is -3.86. The van der Waals surface area contributed by atoms with Crippen molar-refractivity contribution in [3.8, 4) is 5.75 Å². The molecule has 32 heavy (non-hydrogen) atoms. The van der Waals surface area contributed by atoms with Crippen LogP contribution >= 0.6 is 0 Å². The molecule has 0 saturated carbocycles. The number of sulfonamides is 1. The van der Waals surface area contributed by atoms with E-state index < -0.39 is 16.1 Å². The van der Waals surface area contributed by atoms with Crippen LogP contribution in [0.4, 0.5) is 5.69 Å². The van der Waals surface area contributed by atoms with E-state index in [0.717, 1.165) is 11.1 Å². The molecule has 0 bridgehead atoms. The minimum Gasteiger partial charge on any atom is -0.476 e. The predicted octanol–water partition coefficient (Wildman–Crippen LogP) is 3.87. The first-order valence-electron chi connectivity index (χ1n) is 10.5. The zero-order valence-electron chi connectivity index (χ0n) is 18.1. The summed E-state index contributed by atoms with van der Waals surface area (Å²) in [5, 5.41) is 2.92. The molecule has 0 aromatic heterocycles. The summed E-state index contributed by atoms with van der Waals surface area (Å²) in [4.78, 5) is 13.1. The van der Waals surface area contributed by atoms with E-state index in [4.69, 9.17) is 4.74 Å². The highest BCUT2D eigenvalue weighted by atomic mass is 32.2. The minimum absolute atomic E-state index is 0.0980. The lowest BCUT2D eigenvalue weighted by Crippen LogP contribution is -2.51. The number of hydrogen-bond acceptors (Lipinski definition) is 4. The van der Waals surface area contributed by atoms with E-state index in [-0.39, 0.29) is 23.3 Å². The molecule has 166 valence electrons. The van der Waals surface area contributed by atoms with E-state index in [2.05, 4.69) is 5.32 Å². The molecular formula is C25H26N2O4S. The number of anilines is 1. The van der Waals surface area contributed by atoms with Crippen LogP contribution in [-0.2, 0) is 14.8 Å². The monoisotopic (exact) mass is 450 g/mol. The summed E-state index contributed by atoms with van der Waals surface area (Å²) in [7, 11) is -3.86. The number of nitrogens with one attached hydrogen (secondary N) is 1. The Morgan fingerprint density at radius 2 is 1.72 bits per heavy atom. The first-order valence-corrected chi connectivity index (χ1v) is 12.0. The lowest BCUT2D eigenvalue weighted by atomic mass is 10.0. The molecule has 0 unspecified atom stereocenters. The third-order valence-electron chi connectivity index (χ3n) is 5.56. The second-order valence-corrected chi connectivity index (χ2v) is 9.85. The maximum absolute atomic E-state index is 13.4. The molecule has 0 fully saturated rings. The number of fused-ring (bicyclic) bond motifs is 1. The van der Waals surface area contributed by atoms with E-state index in [1.54, 1.807) is 42.5 Å². The molecule has 7 heteroatoms. The molecule has 1 aliphatic rings. The van der Waals surface area contributed by atoms with Crippen LogP contribution < -0.4 is 14.4 Å². The Morgan fingerprint density at radius 3 is 2.41 bits per heavy atom. The van der Waals surface area contributed by atoms with Crippen molar-refractivity contribution in [2.75, 3.05) is 17.4 Å². The zero-order chi connectivity index (χ0) is 22.7. The molecule has 2 atom stereocenters. The van der Waals surface area contributed by atoms with Crippen LogP contribution in [0.1, 0.15) is 24.0 Å². The van der Waals surface area contributed by atoms with Crippen molar-refractivity contribution >= 4 is 21.6 Å². The SMILES string of the molecule is Cc1ccc2c(c1)N(S(=O)(=O)c1ccccc1)C[C@H](C(=O)NC[C@H](C)c1ccccc1)O2. The van der Waals surface area contributed by atoms with Crippen LogP contribution in [0.5, 0.6) is 5.75 Å². The molecule has 0 aliphatic carbocycles. The van der Waals surface area contributed by atoms with Gasteiger partial charge in [0.15, 0.2) is 6.10 Å². The molecule has 3 aromatic carbocycles.